The van der Waals surface area contributed by atoms with Crippen LogP contribution in [0.15, 0.2) is 0 Å². The molecular weight excluding hydrogens is 476 g/mol. The molecule has 1 N–H and O–H groups in total. The number of carbonyl (C=O) groups is 4. The Kier molecular flexibility index (Phi) is 11.2. The van der Waals surface area contributed by atoms with Gasteiger partial charge in [0, 0.05) is 19.0 Å². The van der Waals surface area contributed by atoms with E-state index in [4.69, 9.17) is 4.74 Å². The van der Waals surface area contributed by atoms with Gasteiger partial charge in [0.05, 0.1) is 18.4 Å². The minimum Gasteiger partial charge on any atom is -0.465 e. The number of alkyl halides is 1. The highest BCUT2D eigenvalue weighted by Gasteiger charge is 2.57. The Labute approximate surface area is 200 Å². The lowest BCUT2D eigenvalue weighted by molar-refractivity contribution is -0.143. The standard InChI is InChI=1S/C24H39BrN2O5/c1-4-6-8-9-10-17-15-18-20(17)23(30)27(22(18)29)12-11-26-21(28)16(3)14-19(25)24(31)32-13-7-5-2/h16-20H,4-15H2,1-3H3,(H,26,28). The van der Waals surface area contributed by atoms with E-state index in [-0.39, 0.29) is 48.6 Å². The Hall–Kier alpha value is -1.44. The van der Waals surface area contributed by atoms with E-state index in [1.54, 1.807) is 6.92 Å². The monoisotopic (exact) mass is 514 g/mol. The molecule has 1 saturated heterocycles. The fourth-order valence-corrected chi connectivity index (χ4v) is 5.30. The van der Waals surface area contributed by atoms with E-state index >= 15 is 0 Å². The van der Waals surface area contributed by atoms with Crippen LogP contribution in [0, 0.1) is 23.7 Å². The average molecular weight is 515 g/mol. The van der Waals surface area contributed by atoms with Crippen molar-refractivity contribution in [3.63, 3.8) is 0 Å². The van der Waals surface area contributed by atoms with Gasteiger partial charge in [-0.25, -0.2) is 0 Å². The van der Waals surface area contributed by atoms with Crippen molar-refractivity contribution in [3.8, 4) is 0 Å². The van der Waals surface area contributed by atoms with Crippen LogP contribution in [0.5, 0.6) is 0 Å². The molecule has 8 heteroatoms. The minimum absolute atomic E-state index is 0.0654. The van der Waals surface area contributed by atoms with Crippen LogP contribution in [-0.2, 0) is 23.9 Å². The highest BCUT2D eigenvalue weighted by Crippen LogP contribution is 2.49. The molecular formula is C24H39BrN2O5. The molecule has 1 saturated carbocycles. The lowest BCUT2D eigenvalue weighted by atomic mass is 9.64. The molecule has 182 valence electrons. The van der Waals surface area contributed by atoms with Gasteiger partial charge in [0.25, 0.3) is 0 Å². The van der Waals surface area contributed by atoms with Gasteiger partial charge in [0.2, 0.25) is 17.7 Å². The van der Waals surface area contributed by atoms with Crippen LogP contribution < -0.4 is 5.32 Å². The number of nitrogens with one attached hydrogen (secondary N) is 1. The van der Waals surface area contributed by atoms with Gasteiger partial charge in [0.1, 0.15) is 4.83 Å². The number of nitrogens with zero attached hydrogens (tertiary/aromatic N) is 1. The molecule has 2 aliphatic rings. The van der Waals surface area contributed by atoms with Crippen molar-refractivity contribution in [1.29, 1.82) is 0 Å². The molecule has 0 aromatic rings. The molecule has 5 unspecified atom stereocenters. The molecule has 0 aromatic heterocycles. The Bertz CT molecular complexity index is 671. The lowest BCUT2D eigenvalue weighted by Crippen LogP contribution is -2.40. The number of unbranched alkanes of at least 4 members (excludes halogenated alkanes) is 4. The number of fused-ring (bicyclic) bond motifs is 1. The second-order valence-corrected chi connectivity index (χ2v) is 10.3. The van der Waals surface area contributed by atoms with E-state index in [1.165, 1.54) is 24.2 Å². The third-order valence-corrected chi connectivity index (χ3v) is 7.45. The van der Waals surface area contributed by atoms with Crippen LogP contribution in [-0.4, -0.2) is 53.1 Å². The van der Waals surface area contributed by atoms with Crippen LogP contribution in [0.1, 0.15) is 78.6 Å². The van der Waals surface area contributed by atoms with Crippen molar-refractivity contribution < 1.29 is 23.9 Å². The second kappa shape index (κ2) is 13.3. The number of imide groups is 1. The summed E-state index contributed by atoms with van der Waals surface area (Å²) in [7, 11) is 0. The number of likely N-dealkylation sites (tertiary alicyclic amines) is 1. The van der Waals surface area contributed by atoms with E-state index in [0.29, 0.717) is 18.9 Å². The summed E-state index contributed by atoms with van der Waals surface area (Å²) >= 11 is 3.30. The Morgan fingerprint density at radius 3 is 2.53 bits per heavy atom. The Balaban J connectivity index is 1.70. The van der Waals surface area contributed by atoms with E-state index in [2.05, 4.69) is 28.2 Å². The van der Waals surface area contributed by atoms with Gasteiger partial charge in [-0.05, 0) is 31.6 Å². The smallest absolute Gasteiger partial charge is 0.319 e. The first kappa shape index (κ1) is 26.8. The van der Waals surface area contributed by atoms with E-state index in [0.717, 1.165) is 32.1 Å². The zero-order valence-electron chi connectivity index (χ0n) is 19.7. The van der Waals surface area contributed by atoms with Gasteiger partial charge >= 0.3 is 5.97 Å². The van der Waals surface area contributed by atoms with E-state index in [9.17, 15) is 19.2 Å². The summed E-state index contributed by atoms with van der Waals surface area (Å²) < 4.78 is 5.17. The maximum Gasteiger partial charge on any atom is 0.319 e. The number of rotatable bonds is 15. The van der Waals surface area contributed by atoms with Crippen molar-refractivity contribution in [2.45, 2.75) is 83.4 Å². The number of amides is 3. The molecule has 0 spiro atoms. The molecule has 3 amide bonds. The summed E-state index contributed by atoms with van der Waals surface area (Å²) in [6.07, 6.45) is 8.64. The molecule has 1 aliphatic heterocycles. The molecule has 2 fully saturated rings. The van der Waals surface area contributed by atoms with E-state index in [1.807, 2.05) is 6.92 Å². The van der Waals surface area contributed by atoms with Crippen LogP contribution in [0.3, 0.4) is 0 Å². The fourth-order valence-electron chi connectivity index (χ4n) is 4.61. The van der Waals surface area contributed by atoms with Crippen molar-refractivity contribution in [3.05, 3.63) is 0 Å². The topological polar surface area (TPSA) is 92.8 Å². The first-order valence-corrected chi connectivity index (χ1v) is 13.2. The van der Waals surface area contributed by atoms with Crippen LogP contribution in [0.2, 0.25) is 0 Å². The largest absolute Gasteiger partial charge is 0.465 e. The average Bonchev–Trinajstić information content (AvgIpc) is 2.92. The van der Waals surface area contributed by atoms with Gasteiger partial charge in [-0.3, -0.25) is 24.1 Å². The molecule has 2 rings (SSSR count). The molecule has 1 aliphatic carbocycles. The number of halogens is 1. The number of hydrogen-bond acceptors (Lipinski definition) is 5. The Morgan fingerprint density at radius 1 is 1.12 bits per heavy atom. The molecule has 1 heterocycles. The van der Waals surface area contributed by atoms with Crippen molar-refractivity contribution in [2.24, 2.45) is 23.7 Å². The molecule has 32 heavy (non-hydrogen) atoms. The summed E-state index contributed by atoms with van der Waals surface area (Å²) in [5.41, 5.74) is 0. The summed E-state index contributed by atoms with van der Waals surface area (Å²) in [5, 5.41) is 2.80. The van der Waals surface area contributed by atoms with Gasteiger partial charge in [-0.2, -0.15) is 0 Å². The summed E-state index contributed by atoms with van der Waals surface area (Å²) in [4.78, 5) is 50.5. The molecule has 0 bridgehead atoms. The quantitative estimate of drug-likeness (QED) is 0.155. The zero-order chi connectivity index (χ0) is 23.7. The van der Waals surface area contributed by atoms with Crippen molar-refractivity contribution in [2.75, 3.05) is 19.7 Å². The molecule has 0 radical (unpaired) electrons. The van der Waals surface area contributed by atoms with Gasteiger partial charge < -0.3 is 10.1 Å². The predicted molar refractivity (Wildman–Crippen MR) is 126 cm³/mol. The van der Waals surface area contributed by atoms with Crippen LogP contribution in [0.4, 0.5) is 0 Å². The van der Waals surface area contributed by atoms with Crippen LogP contribution in [0.25, 0.3) is 0 Å². The minimum atomic E-state index is -0.535. The molecule has 0 aromatic carbocycles. The van der Waals surface area contributed by atoms with E-state index < -0.39 is 10.7 Å². The summed E-state index contributed by atoms with van der Waals surface area (Å²) in [6, 6.07) is 0. The number of esters is 1. The number of ether oxygens (including phenoxy) is 1. The van der Waals surface area contributed by atoms with Gasteiger partial charge in [-0.15, -0.1) is 0 Å². The zero-order valence-corrected chi connectivity index (χ0v) is 21.3. The van der Waals surface area contributed by atoms with Gasteiger partial charge in [0.15, 0.2) is 0 Å². The van der Waals surface area contributed by atoms with Crippen LogP contribution >= 0.6 is 15.9 Å². The SMILES string of the molecule is CCCCCCC1CC2C(=O)N(CCNC(=O)C(C)CC(Br)C(=O)OCCCC)C(=O)C12. The summed E-state index contributed by atoms with van der Waals surface area (Å²) in [5.74, 6) is -1.06. The third kappa shape index (κ3) is 7.03. The molecule has 7 nitrogen and oxygen atoms in total. The predicted octanol–water partition coefficient (Wildman–Crippen LogP) is 3.83. The number of carbonyl (C=O) groups excluding carboxylic acids is 4. The summed E-state index contributed by atoms with van der Waals surface area (Å²) in [6.45, 7) is 6.78. The lowest BCUT2D eigenvalue weighted by Gasteiger charge is -2.36. The third-order valence-electron chi connectivity index (χ3n) is 6.70. The maximum atomic E-state index is 12.7. The fraction of sp³-hybridized carbons (Fsp3) is 0.833. The van der Waals surface area contributed by atoms with Gasteiger partial charge in [-0.1, -0.05) is 68.8 Å². The Morgan fingerprint density at radius 2 is 1.84 bits per heavy atom. The highest BCUT2D eigenvalue weighted by atomic mass is 79.9. The second-order valence-electron chi connectivity index (χ2n) is 9.22. The first-order valence-electron chi connectivity index (χ1n) is 12.2. The highest BCUT2D eigenvalue weighted by molar-refractivity contribution is 9.10. The maximum absolute atomic E-state index is 12.7. The number of hydrogen-bond donors (Lipinski definition) is 1. The molecule has 5 atom stereocenters. The van der Waals surface area contributed by atoms with Crippen molar-refractivity contribution >= 4 is 39.6 Å². The van der Waals surface area contributed by atoms with Crippen molar-refractivity contribution in [1.82, 2.24) is 10.2 Å². The normalized spacial score (nSPS) is 24.0. The first-order chi connectivity index (χ1) is 15.3.